The molecule has 2 amide bonds. The zero-order valence-electron chi connectivity index (χ0n) is 14.9. The first kappa shape index (κ1) is 21.2. The number of amides is 2. The minimum absolute atomic E-state index is 0.0885. The van der Waals surface area contributed by atoms with E-state index in [9.17, 15) is 27.2 Å². The number of hydrogen-bond donors (Lipinski definition) is 1. The van der Waals surface area contributed by atoms with Crippen LogP contribution in [0.2, 0.25) is 0 Å². The Labute approximate surface area is 158 Å². The third-order valence-electron chi connectivity index (χ3n) is 3.88. The normalized spacial score (nSPS) is 13.6. The Balaban J connectivity index is 0.000000336. The number of anilines is 1. The zero-order chi connectivity index (χ0) is 20.7. The lowest BCUT2D eigenvalue weighted by Gasteiger charge is -2.10. The van der Waals surface area contributed by atoms with Gasteiger partial charge in [0.2, 0.25) is 12.3 Å². The summed E-state index contributed by atoms with van der Waals surface area (Å²) in [5, 5.41) is 2.15. The molecule has 0 unspecified atom stereocenters. The van der Waals surface area contributed by atoms with E-state index in [1.165, 1.54) is 12.1 Å². The number of likely N-dealkylation sites (tertiary alicyclic amines) is 1. The average Bonchev–Trinajstić information content (AvgIpc) is 3.01. The van der Waals surface area contributed by atoms with E-state index < -0.39 is 17.6 Å². The van der Waals surface area contributed by atoms with E-state index >= 15 is 0 Å². The Kier molecular flexibility index (Phi) is 6.97. The van der Waals surface area contributed by atoms with Crippen LogP contribution in [0.3, 0.4) is 0 Å². The summed E-state index contributed by atoms with van der Waals surface area (Å²) in [6, 6.07) is 7.65. The lowest BCUT2D eigenvalue weighted by molar-refractivity contribution is -0.137. The van der Waals surface area contributed by atoms with E-state index in [2.05, 4.69) is 5.32 Å². The van der Waals surface area contributed by atoms with Crippen molar-refractivity contribution in [2.24, 2.45) is 0 Å². The van der Waals surface area contributed by atoms with E-state index in [-0.39, 0.29) is 17.2 Å². The number of hydrogen-bond acceptors (Lipinski definition) is 3. The van der Waals surface area contributed by atoms with Crippen LogP contribution in [0, 0.1) is 5.82 Å². The average molecular weight is 398 g/mol. The van der Waals surface area contributed by atoms with Gasteiger partial charge in [-0.2, -0.15) is 13.2 Å². The van der Waals surface area contributed by atoms with Crippen LogP contribution in [0.25, 0.3) is 0 Å². The highest BCUT2D eigenvalue weighted by Gasteiger charge is 2.30. The molecule has 9 heteroatoms. The van der Waals surface area contributed by atoms with Gasteiger partial charge in [-0.15, -0.1) is 0 Å². The second-order valence-corrected chi connectivity index (χ2v) is 5.95. The van der Waals surface area contributed by atoms with E-state index in [4.69, 9.17) is 4.74 Å². The lowest BCUT2D eigenvalue weighted by atomic mass is 10.2. The summed E-state index contributed by atoms with van der Waals surface area (Å²) in [4.78, 5) is 22.6. The molecule has 1 N–H and O–H groups in total. The Morgan fingerprint density at radius 1 is 1.11 bits per heavy atom. The highest BCUT2D eigenvalue weighted by atomic mass is 19.4. The fourth-order valence-electron chi connectivity index (χ4n) is 2.37. The van der Waals surface area contributed by atoms with Crippen molar-refractivity contribution < 1.29 is 31.9 Å². The topological polar surface area (TPSA) is 58.6 Å². The van der Waals surface area contributed by atoms with Crippen LogP contribution < -0.4 is 10.1 Å². The van der Waals surface area contributed by atoms with Crippen LogP contribution in [-0.4, -0.2) is 30.8 Å². The summed E-state index contributed by atoms with van der Waals surface area (Å²) in [5.41, 5.74) is -0.883. The molecular weight excluding hydrogens is 380 g/mol. The molecule has 1 saturated heterocycles. The van der Waals surface area contributed by atoms with Gasteiger partial charge in [0.05, 0.1) is 11.3 Å². The first-order valence-corrected chi connectivity index (χ1v) is 8.29. The van der Waals surface area contributed by atoms with Crippen molar-refractivity contribution >= 4 is 18.0 Å². The summed E-state index contributed by atoms with van der Waals surface area (Å²) in [6.45, 7) is 0.957. The predicted octanol–water partition coefficient (Wildman–Crippen LogP) is 4.44. The molecule has 1 aliphatic rings. The largest absolute Gasteiger partial charge is 0.457 e. The van der Waals surface area contributed by atoms with Gasteiger partial charge < -0.3 is 15.0 Å². The maximum atomic E-state index is 13.3. The first-order chi connectivity index (χ1) is 13.2. The number of benzene rings is 2. The first-order valence-electron chi connectivity index (χ1n) is 8.29. The van der Waals surface area contributed by atoms with Gasteiger partial charge in [-0.3, -0.25) is 9.59 Å². The maximum Gasteiger partial charge on any atom is 0.416 e. The number of ether oxygens (including phenoxy) is 1. The number of alkyl halides is 3. The van der Waals surface area contributed by atoms with Gasteiger partial charge in [0, 0.05) is 26.1 Å². The molecule has 0 saturated carbocycles. The molecule has 150 valence electrons. The summed E-state index contributed by atoms with van der Waals surface area (Å²) in [5.74, 6) is -0.0194. The van der Waals surface area contributed by atoms with Crippen LogP contribution in [0.15, 0.2) is 42.5 Å². The number of halogens is 4. The lowest BCUT2D eigenvalue weighted by Crippen LogP contribution is -2.17. The highest BCUT2D eigenvalue weighted by Crippen LogP contribution is 2.32. The van der Waals surface area contributed by atoms with Crippen LogP contribution in [0.5, 0.6) is 11.5 Å². The number of carbonyl (C=O) groups is 2. The molecule has 0 spiro atoms. The fraction of sp³-hybridized carbons (Fsp3) is 0.263. The quantitative estimate of drug-likeness (QED) is 0.612. The second kappa shape index (κ2) is 9.20. The maximum absolute atomic E-state index is 13.3. The van der Waals surface area contributed by atoms with E-state index in [1.54, 1.807) is 4.90 Å². The zero-order valence-corrected chi connectivity index (χ0v) is 14.9. The molecule has 0 atom stereocenters. The number of nitrogens with one attached hydrogen (secondary N) is 1. The molecule has 2 aromatic carbocycles. The number of rotatable bonds is 4. The number of carbonyl (C=O) groups excluding carboxylic acids is 2. The van der Waals surface area contributed by atoms with Gasteiger partial charge in [0.15, 0.2) is 0 Å². The Morgan fingerprint density at radius 2 is 1.75 bits per heavy atom. The smallest absolute Gasteiger partial charge is 0.416 e. The van der Waals surface area contributed by atoms with Gasteiger partial charge >= 0.3 is 6.18 Å². The second-order valence-electron chi connectivity index (χ2n) is 5.95. The Bertz CT molecular complexity index is 823. The Morgan fingerprint density at radius 3 is 2.21 bits per heavy atom. The van der Waals surface area contributed by atoms with Crippen molar-refractivity contribution in [2.75, 3.05) is 18.9 Å². The van der Waals surface area contributed by atoms with Crippen molar-refractivity contribution in [3.8, 4) is 11.5 Å². The summed E-state index contributed by atoms with van der Waals surface area (Å²) < 4.78 is 55.8. The number of nitrogens with zero attached hydrogens (tertiary/aromatic N) is 1. The molecule has 5 nitrogen and oxygen atoms in total. The molecule has 2 aromatic rings. The third-order valence-corrected chi connectivity index (χ3v) is 3.88. The molecule has 1 aliphatic heterocycles. The summed E-state index contributed by atoms with van der Waals surface area (Å²) in [7, 11) is 1.84. The molecule has 28 heavy (non-hydrogen) atoms. The van der Waals surface area contributed by atoms with Crippen LogP contribution in [0.4, 0.5) is 23.2 Å². The standard InChI is InChI=1S/C14H9F4NO2.C5H9NO/c15-12-6-5-11(7-13(12)19-8-20)21-10-3-1-9(2-4-10)14(16,17)18;1-6-4-2-3-5(6)7/h1-8H,(H,19,20);2-4H2,1H3. The van der Waals surface area contributed by atoms with Crippen LogP contribution in [-0.2, 0) is 15.8 Å². The SMILES string of the molecule is CN1CCCC1=O.O=CNc1cc(Oc2ccc(C(F)(F)F)cc2)ccc1F. The Hall–Kier alpha value is -3.10. The van der Waals surface area contributed by atoms with E-state index in [0.717, 1.165) is 49.7 Å². The van der Waals surface area contributed by atoms with Gasteiger partial charge in [-0.25, -0.2) is 4.39 Å². The third kappa shape index (κ3) is 5.97. The minimum atomic E-state index is -4.42. The van der Waals surface area contributed by atoms with Gasteiger partial charge in [0.1, 0.15) is 17.3 Å². The van der Waals surface area contributed by atoms with Gasteiger partial charge in [-0.05, 0) is 42.8 Å². The van der Waals surface area contributed by atoms with Crippen molar-refractivity contribution in [1.82, 2.24) is 4.90 Å². The van der Waals surface area contributed by atoms with Crippen LogP contribution >= 0.6 is 0 Å². The van der Waals surface area contributed by atoms with E-state index in [0.29, 0.717) is 12.3 Å². The monoisotopic (exact) mass is 398 g/mol. The van der Waals surface area contributed by atoms with Gasteiger partial charge in [0.25, 0.3) is 0 Å². The highest BCUT2D eigenvalue weighted by molar-refractivity contribution is 5.77. The molecule has 1 heterocycles. The molecule has 0 bridgehead atoms. The van der Waals surface area contributed by atoms with E-state index in [1.807, 2.05) is 7.05 Å². The van der Waals surface area contributed by atoms with Crippen molar-refractivity contribution in [3.05, 3.63) is 53.8 Å². The fourth-order valence-corrected chi connectivity index (χ4v) is 2.37. The van der Waals surface area contributed by atoms with Crippen LogP contribution in [0.1, 0.15) is 18.4 Å². The van der Waals surface area contributed by atoms with Crippen molar-refractivity contribution in [3.63, 3.8) is 0 Å². The minimum Gasteiger partial charge on any atom is -0.457 e. The summed E-state index contributed by atoms with van der Waals surface area (Å²) in [6.07, 6.45) is -2.30. The molecular formula is C19H18F4N2O3. The predicted molar refractivity (Wildman–Crippen MR) is 94.5 cm³/mol. The van der Waals surface area contributed by atoms with Crippen molar-refractivity contribution in [1.29, 1.82) is 0 Å². The van der Waals surface area contributed by atoms with Crippen molar-refractivity contribution in [2.45, 2.75) is 19.0 Å². The van der Waals surface area contributed by atoms with Gasteiger partial charge in [-0.1, -0.05) is 0 Å². The molecule has 0 radical (unpaired) electrons. The molecule has 3 rings (SSSR count). The molecule has 0 aromatic heterocycles. The molecule has 1 fully saturated rings. The molecule has 0 aliphatic carbocycles. The summed E-state index contributed by atoms with van der Waals surface area (Å²) >= 11 is 0.